The molecule has 0 aromatic heterocycles. The Bertz CT molecular complexity index is 210. The molecule has 0 rings (SSSR count). The van der Waals surface area contributed by atoms with E-state index in [1.54, 1.807) is 0 Å². The average molecular weight is 183 g/mol. The Morgan fingerprint density at radius 2 is 1.85 bits per heavy atom. The van der Waals surface area contributed by atoms with Crippen LogP contribution in [0.5, 0.6) is 0 Å². The summed E-state index contributed by atoms with van der Waals surface area (Å²) in [6, 6.07) is 0. The Balaban J connectivity index is 4.12. The third-order valence-electron chi connectivity index (χ3n) is 2.45. The van der Waals surface area contributed by atoms with Crippen LogP contribution in [0.3, 0.4) is 0 Å². The Labute approximate surface area is 81.3 Å². The van der Waals surface area contributed by atoms with Crippen molar-refractivity contribution < 1.29 is 5.21 Å². The van der Waals surface area contributed by atoms with Gasteiger partial charge < -0.3 is 5.21 Å². The summed E-state index contributed by atoms with van der Waals surface area (Å²) in [6.45, 7) is 10.3. The van der Waals surface area contributed by atoms with Crippen LogP contribution in [-0.4, -0.2) is 10.9 Å². The predicted molar refractivity (Wildman–Crippen MR) is 57.3 cm³/mol. The van der Waals surface area contributed by atoms with Gasteiger partial charge in [-0.15, -0.1) is 0 Å². The van der Waals surface area contributed by atoms with E-state index in [1.165, 1.54) is 5.57 Å². The first-order valence-corrected chi connectivity index (χ1v) is 4.72. The molecule has 0 aliphatic rings. The van der Waals surface area contributed by atoms with Crippen LogP contribution in [0.25, 0.3) is 0 Å². The van der Waals surface area contributed by atoms with Gasteiger partial charge in [-0.05, 0) is 33.6 Å². The van der Waals surface area contributed by atoms with Crippen molar-refractivity contribution >= 4 is 5.71 Å². The Kier molecular flexibility index (Phi) is 4.74. The maximum atomic E-state index is 8.65. The first kappa shape index (κ1) is 12.2. The first-order valence-electron chi connectivity index (χ1n) is 4.72. The highest BCUT2D eigenvalue weighted by Crippen LogP contribution is 2.24. The van der Waals surface area contributed by atoms with E-state index in [1.807, 2.05) is 6.92 Å². The molecule has 0 unspecified atom stereocenters. The van der Waals surface area contributed by atoms with E-state index in [0.29, 0.717) is 0 Å². The van der Waals surface area contributed by atoms with Crippen molar-refractivity contribution in [3.63, 3.8) is 0 Å². The second-order valence-electron chi connectivity index (χ2n) is 4.39. The molecule has 0 amide bonds. The molecular weight excluding hydrogens is 162 g/mol. The van der Waals surface area contributed by atoms with Crippen molar-refractivity contribution in [2.45, 2.75) is 47.5 Å². The molecule has 2 heteroatoms. The van der Waals surface area contributed by atoms with Gasteiger partial charge >= 0.3 is 0 Å². The van der Waals surface area contributed by atoms with E-state index in [-0.39, 0.29) is 5.41 Å². The lowest BCUT2D eigenvalue weighted by Gasteiger charge is -2.22. The lowest BCUT2D eigenvalue weighted by Crippen LogP contribution is -2.21. The molecule has 0 aromatic rings. The zero-order chi connectivity index (χ0) is 10.5. The van der Waals surface area contributed by atoms with Gasteiger partial charge in [0.25, 0.3) is 0 Å². The van der Waals surface area contributed by atoms with Gasteiger partial charge in [0.15, 0.2) is 0 Å². The van der Waals surface area contributed by atoms with Crippen LogP contribution in [-0.2, 0) is 0 Å². The van der Waals surface area contributed by atoms with Gasteiger partial charge in [-0.3, -0.25) is 0 Å². The predicted octanol–water partition coefficient (Wildman–Crippen LogP) is 3.61. The van der Waals surface area contributed by atoms with Crippen LogP contribution >= 0.6 is 0 Å². The van der Waals surface area contributed by atoms with Gasteiger partial charge in [0.2, 0.25) is 0 Å². The Morgan fingerprint density at radius 1 is 1.31 bits per heavy atom. The van der Waals surface area contributed by atoms with E-state index in [2.05, 4.69) is 38.9 Å². The SMILES string of the molecule is CC(C)=CCCC(C)(C)/C(C)=N/O. The van der Waals surface area contributed by atoms with Crippen LogP contribution in [0.15, 0.2) is 16.8 Å². The lowest BCUT2D eigenvalue weighted by molar-refractivity contribution is 0.306. The molecule has 13 heavy (non-hydrogen) atoms. The molecule has 76 valence electrons. The van der Waals surface area contributed by atoms with Gasteiger partial charge in [0.05, 0.1) is 5.71 Å². The normalized spacial score (nSPS) is 12.8. The van der Waals surface area contributed by atoms with Crippen LogP contribution < -0.4 is 0 Å². The monoisotopic (exact) mass is 183 g/mol. The minimum absolute atomic E-state index is 0.000694. The molecule has 0 aliphatic carbocycles. The summed E-state index contributed by atoms with van der Waals surface area (Å²) >= 11 is 0. The van der Waals surface area contributed by atoms with Gasteiger partial charge in [0.1, 0.15) is 0 Å². The topological polar surface area (TPSA) is 32.6 Å². The maximum absolute atomic E-state index is 8.65. The van der Waals surface area contributed by atoms with Gasteiger partial charge in [-0.1, -0.05) is 30.7 Å². The fraction of sp³-hybridized carbons (Fsp3) is 0.727. The molecule has 0 aromatic carbocycles. The fourth-order valence-electron chi connectivity index (χ4n) is 1.04. The minimum Gasteiger partial charge on any atom is -0.411 e. The molecule has 0 heterocycles. The van der Waals surface area contributed by atoms with E-state index in [0.717, 1.165) is 18.6 Å². The van der Waals surface area contributed by atoms with E-state index >= 15 is 0 Å². The molecule has 0 bridgehead atoms. The Hall–Kier alpha value is -0.790. The van der Waals surface area contributed by atoms with Crippen LogP contribution in [0.2, 0.25) is 0 Å². The summed E-state index contributed by atoms with van der Waals surface area (Å²) in [4.78, 5) is 0. The van der Waals surface area contributed by atoms with Crippen molar-refractivity contribution in [2.75, 3.05) is 0 Å². The summed E-state index contributed by atoms with van der Waals surface area (Å²) in [5.74, 6) is 0. The minimum atomic E-state index is 0.000694. The third-order valence-corrected chi connectivity index (χ3v) is 2.45. The summed E-state index contributed by atoms with van der Waals surface area (Å²) in [5.41, 5.74) is 2.14. The van der Waals surface area contributed by atoms with Crippen molar-refractivity contribution in [3.05, 3.63) is 11.6 Å². The molecular formula is C11H21NO. The Morgan fingerprint density at radius 3 is 2.23 bits per heavy atom. The zero-order valence-corrected chi connectivity index (χ0v) is 9.39. The third kappa shape index (κ3) is 4.71. The number of hydrogen-bond donors (Lipinski definition) is 1. The molecule has 0 radical (unpaired) electrons. The van der Waals surface area contributed by atoms with Gasteiger partial charge in [-0.2, -0.15) is 0 Å². The number of allylic oxidation sites excluding steroid dienone is 2. The van der Waals surface area contributed by atoms with Crippen molar-refractivity contribution in [2.24, 2.45) is 10.6 Å². The highest BCUT2D eigenvalue weighted by Gasteiger charge is 2.20. The van der Waals surface area contributed by atoms with Crippen LogP contribution in [0.4, 0.5) is 0 Å². The number of rotatable bonds is 4. The largest absolute Gasteiger partial charge is 0.411 e. The van der Waals surface area contributed by atoms with Crippen molar-refractivity contribution in [1.82, 2.24) is 0 Å². The molecule has 0 aliphatic heterocycles. The van der Waals surface area contributed by atoms with Gasteiger partial charge in [-0.25, -0.2) is 0 Å². The summed E-state index contributed by atoms with van der Waals surface area (Å²) in [7, 11) is 0. The number of oxime groups is 1. The zero-order valence-electron chi connectivity index (χ0n) is 9.39. The second kappa shape index (κ2) is 5.05. The smallest absolute Gasteiger partial charge is 0.0596 e. The molecule has 0 spiro atoms. The summed E-state index contributed by atoms with van der Waals surface area (Å²) < 4.78 is 0. The first-order chi connectivity index (χ1) is 5.90. The molecule has 1 N–H and O–H groups in total. The lowest BCUT2D eigenvalue weighted by atomic mass is 9.83. The fourth-order valence-corrected chi connectivity index (χ4v) is 1.04. The van der Waals surface area contributed by atoms with E-state index < -0.39 is 0 Å². The highest BCUT2D eigenvalue weighted by atomic mass is 16.4. The molecule has 0 fully saturated rings. The quantitative estimate of drug-likeness (QED) is 0.307. The molecule has 0 atom stereocenters. The van der Waals surface area contributed by atoms with E-state index in [9.17, 15) is 0 Å². The standard InChI is InChI=1S/C11H21NO/c1-9(2)7-6-8-11(4,5)10(3)12-13/h7,13H,6,8H2,1-5H3/b12-10+. The molecule has 0 saturated heterocycles. The number of hydrogen-bond acceptors (Lipinski definition) is 2. The number of nitrogens with zero attached hydrogens (tertiary/aromatic N) is 1. The van der Waals surface area contributed by atoms with Crippen molar-refractivity contribution in [1.29, 1.82) is 0 Å². The van der Waals surface area contributed by atoms with Crippen LogP contribution in [0.1, 0.15) is 47.5 Å². The molecule has 0 saturated carbocycles. The van der Waals surface area contributed by atoms with E-state index in [4.69, 9.17) is 5.21 Å². The van der Waals surface area contributed by atoms with Gasteiger partial charge in [0, 0.05) is 5.41 Å². The maximum Gasteiger partial charge on any atom is 0.0596 e. The summed E-state index contributed by atoms with van der Waals surface area (Å²) in [5, 5.41) is 11.9. The van der Waals surface area contributed by atoms with Crippen molar-refractivity contribution in [3.8, 4) is 0 Å². The molecule has 2 nitrogen and oxygen atoms in total. The second-order valence-corrected chi connectivity index (χ2v) is 4.39. The highest BCUT2D eigenvalue weighted by molar-refractivity contribution is 5.86. The summed E-state index contributed by atoms with van der Waals surface area (Å²) in [6.07, 6.45) is 4.28. The average Bonchev–Trinajstić information content (AvgIpc) is 2.01. The van der Waals surface area contributed by atoms with Crippen LogP contribution in [0, 0.1) is 5.41 Å².